The number of sulfonamides is 1. The number of nitrogen functional groups attached to an aromatic ring is 2. The molecular weight excluding hydrogens is 535 g/mol. The van der Waals surface area contributed by atoms with Gasteiger partial charge in [0.05, 0.1) is 17.0 Å². The Morgan fingerprint density at radius 1 is 1.13 bits per heavy atom. The Bertz CT molecular complexity index is 1150. The zero-order valence-corrected chi connectivity index (χ0v) is 19.4. The molecule has 6 N–H and O–H groups in total. The van der Waals surface area contributed by atoms with E-state index in [1.165, 1.54) is 4.31 Å². The average Bonchev–Trinajstić information content (AvgIpc) is 3.13. The van der Waals surface area contributed by atoms with Crippen LogP contribution in [0.3, 0.4) is 0 Å². The number of guanidine groups is 1. The number of aromatic nitrogens is 2. The predicted molar refractivity (Wildman–Crippen MR) is 124 cm³/mol. The maximum absolute atomic E-state index is 12.8. The quantitative estimate of drug-likeness (QED) is 0.388. The fraction of sp³-hybridized carbons (Fsp3) is 0.333. The number of hydrogen-bond donors (Lipinski definition) is 4. The molecule has 2 aromatic rings. The standard InChI is InChI=1S/C18H21IN8O3S/c19-13-15(21)24-14(20)12(23-13)16(28)25-17-22-10-18(26-17)6-8-27(9-7-18)31(29,30)11-4-2-1-3-5-11/h1-5H,6-10H2,(H4,20,21,24)(H2,22,25,26,28). The fourth-order valence-electron chi connectivity index (χ4n) is 3.59. The summed E-state index contributed by atoms with van der Waals surface area (Å²) in [6.07, 6.45) is 1.12. The SMILES string of the molecule is Nc1nc(N)c(C(=O)NC2=NCC3(CCN(S(=O)(=O)c4ccccc4)CC3)N2)nc1I. The van der Waals surface area contributed by atoms with Crippen LogP contribution in [0, 0.1) is 3.70 Å². The number of carbonyl (C=O) groups excluding carboxylic acids is 1. The summed E-state index contributed by atoms with van der Waals surface area (Å²) in [7, 11) is -3.53. The molecule has 0 unspecified atom stereocenters. The summed E-state index contributed by atoms with van der Waals surface area (Å²) in [5.74, 6) is -0.155. The molecule has 1 saturated heterocycles. The fourth-order valence-corrected chi connectivity index (χ4v) is 5.41. The number of halogens is 1. The van der Waals surface area contributed by atoms with Crippen LogP contribution in [0.4, 0.5) is 11.6 Å². The molecule has 4 rings (SSSR count). The van der Waals surface area contributed by atoms with Crippen molar-refractivity contribution in [2.75, 3.05) is 31.1 Å². The number of benzene rings is 1. The number of aliphatic imine (C=N–C) groups is 1. The molecule has 3 heterocycles. The number of nitrogens with one attached hydrogen (secondary N) is 2. The van der Waals surface area contributed by atoms with E-state index >= 15 is 0 Å². The van der Waals surface area contributed by atoms with Crippen molar-refractivity contribution in [2.24, 2.45) is 4.99 Å². The van der Waals surface area contributed by atoms with Crippen molar-refractivity contribution in [1.82, 2.24) is 24.9 Å². The topological polar surface area (TPSA) is 169 Å². The summed E-state index contributed by atoms with van der Waals surface area (Å²) in [5.41, 5.74) is 11.0. The Labute approximate surface area is 192 Å². The second-order valence-corrected chi connectivity index (χ2v) is 10.3. The maximum Gasteiger partial charge on any atom is 0.280 e. The van der Waals surface area contributed by atoms with E-state index < -0.39 is 21.5 Å². The monoisotopic (exact) mass is 556 g/mol. The number of anilines is 2. The van der Waals surface area contributed by atoms with Gasteiger partial charge in [-0.2, -0.15) is 4.31 Å². The number of hydrogen-bond acceptors (Lipinski definition) is 9. The van der Waals surface area contributed by atoms with Gasteiger partial charge in [-0.25, -0.2) is 18.4 Å². The largest absolute Gasteiger partial charge is 0.382 e. The van der Waals surface area contributed by atoms with Crippen molar-refractivity contribution >= 4 is 56.1 Å². The Morgan fingerprint density at radius 3 is 2.48 bits per heavy atom. The second kappa shape index (κ2) is 8.20. The number of amides is 1. The molecule has 1 amide bonds. The minimum absolute atomic E-state index is 0.0344. The van der Waals surface area contributed by atoms with Gasteiger partial charge in [0, 0.05) is 13.1 Å². The average molecular weight is 556 g/mol. The zero-order valence-electron chi connectivity index (χ0n) is 16.4. The van der Waals surface area contributed by atoms with Gasteiger partial charge < -0.3 is 16.8 Å². The summed E-state index contributed by atoms with van der Waals surface area (Å²) in [4.78, 5) is 25.2. The van der Waals surface area contributed by atoms with Gasteiger partial charge in [0.1, 0.15) is 3.70 Å². The predicted octanol–water partition coefficient (Wildman–Crippen LogP) is 0.158. The van der Waals surface area contributed by atoms with Gasteiger partial charge in [0.15, 0.2) is 23.3 Å². The van der Waals surface area contributed by atoms with Crippen molar-refractivity contribution in [2.45, 2.75) is 23.3 Å². The lowest BCUT2D eigenvalue weighted by molar-refractivity contribution is 0.0971. The lowest BCUT2D eigenvalue weighted by atomic mass is 9.89. The first-order chi connectivity index (χ1) is 14.7. The minimum Gasteiger partial charge on any atom is -0.382 e. The molecule has 1 aromatic carbocycles. The lowest BCUT2D eigenvalue weighted by Gasteiger charge is -2.38. The van der Waals surface area contributed by atoms with Gasteiger partial charge in [-0.3, -0.25) is 15.1 Å². The highest BCUT2D eigenvalue weighted by molar-refractivity contribution is 14.1. The van der Waals surface area contributed by atoms with E-state index in [-0.39, 0.29) is 22.2 Å². The van der Waals surface area contributed by atoms with E-state index in [0.717, 1.165) is 0 Å². The molecule has 1 fully saturated rings. The Hall–Kier alpha value is -2.52. The summed E-state index contributed by atoms with van der Waals surface area (Å²) in [6, 6.07) is 8.39. The van der Waals surface area contributed by atoms with E-state index in [2.05, 4.69) is 25.6 Å². The smallest absolute Gasteiger partial charge is 0.280 e. The van der Waals surface area contributed by atoms with Crippen LogP contribution >= 0.6 is 22.6 Å². The normalized spacial score (nSPS) is 18.4. The molecule has 0 radical (unpaired) electrons. The van der Waals surface area contributed by atoms with Crippen LogP contribution in [-0.2, 0) is 10.0 Å². The number of piperidine rings is 1. The van der Waals surface area contributed by atoms with E-state index in [4.69, 9.17) is 11.5 Å². The molecule has 0 bridgehead atoms. The van der Waals surface area contributed by atoms with Gasteiger partial charge in [-0.05, 0) is 47.6 Å². The van der Waals surface area contributed by atoms with Crippen LogP contribution in [0.5, 0.6) is 0 Å². The lowest BCUT2D eigenvalue weighted by Crippen LogP contribution is -2.56. The van der Waals surface area contributed by atoms with Crippen molar-refractivity contribution < 1.29 is 13.2 Å². The van der Waals surface area contributed by atoms with Gasteiger partial charge in [0.25, 0.3) is 5.91 Å². The van der Waals surface area contributed by atoms with Gasteiger partial charge in [-0.1, -0.05) is 18.2 Å². The molecule has 0 saturated carbocycles. The van der Waals surface area contributed by atoms with E-state index in [0.29, 0.717) is 42.1 Å². The molecule has 2 aliphatic rings. The number of nitrogens with two attached hydrogens (primary N) is 2. The van der Waals surface area contributed by atoms with Crippen LogP contribution in [-0.4, -0.2) is 59.7 Å². The third kappa shape index (κ3) is 4.29. The highest BCUT2D eigenvalue weighted by atomic mass is 127. The first-order valence-electron chi connectivity index (χ1n) is 9.48. The molecule has 0 aliphatic carbocycles. The molecule has 0 atom stereocenters. The minimum atomic E-state index is -3.53. The molecule has 11 nitrogen and oxygen atoms in total. The van der Waals surface area contributed by atoms with Gasteiger partial charge >= 0.3 is 0 Å². The number of carbonyl (C=O) groups is 1. The summed E-state index contributed by atoms with van der Waals surface area (Å²) >= 11 is 1.87. The van der Waals surface area contributed by atoms with Crippen molar-refractivity contribution in [1.29, 1.82) is 0 Å². The van der Waals surface area contributed by atoms with Crippen molar-refractivity contribution in [3.63, 3.8) is 0 Å². The Kier molecular flexibility index (Phi) is 5.74. The molecule has 13 heteroatoms. The van der Waals surface area contributed by atoms with Gasteiger partial charge in [-0.15, -0.1) is 0 Å². The molecular formula is C18H21IN8O3S. The zero-order chi connectivity index (χ0) is 22.2. The molecule has 1 spiro atoms. The van der Waals surface area contributed by atoms with E-state index in [1.54, 1.807) is 30.3 Å². The van der Waals surface area contributed by atoms with E-state index in [9.17, 15) is 13.2 Å². The summed E-state index contributed by atoms with van der Waals surface area (Å²) in [5, 5.41) is 5.91. The highest BCUT2D eigenvalue weighted by Crippen LogP contribution is 2.29. The maximum atomic E-state index is 12.8. The molecule has 1 aromatic heterocycles. The molecule has 31 heavy (non-hydrogen) atoms. The highest BCUT2D eigenvalue weighted by Gasteiger charge is 2.42. The third-order valence-corrected chi connectivity index (χ3v) is 8.04. The van der Waals surface area contributed by atoms with E-state index in [1.807, 2.05) is 22.6 Å². The van der Waals surface area contributed by atoms with Crippen LogP contribution in [0.1, 0.15) is 23.3 Å². The summed E-state index contributed by atoms with van der Waals surface area (Å²) < 4.78 is 27.5. The Morgan fingerprint density at radius 2 is 1.81 bits per heavy atom. The number of nitrogens with zero attached hydrogens (tertiary/aromatic N) is 4. The summed E-state index contributed by atoms with van der Waals surface area (Å²) in [6.45, 7) is 1.15. The van der Waals surface area contributed by atoms with Crippen LogP contribution in [0.2, 0.25) is 0 Å². The second-order valence-electron chi connectivity index (χ2n) is 7.37. The van der Waals surface area contributed by atoms with Crippen molar-refractivity contribution in [3.05, 3.63) is 39.7 Å². The Balaban J connectivity index is 1.38. The number of rotatable bonds is 3. The van der Waals surface area contributed by atoms with Crippen molar-refractivity contribution in [3.8, 4) is 0 Å². The van der Waals surface area contributed by atoms with Gasteiger partial charge in [0.2, 0.25) is 10.0 Å². The van der Waals surface area contributed by atoms with Crippen LogP contribution in [0.15, 0.2) is 40.2 Å². The third-order valence-electron chi connectivity index (χ3n) is 5.34. The molecule has 164 valence electrons. The van der Waals surface area contributed by atoms with Crippen LogP contribution in [0.25, 0.3) is 0 Å². The first kappa shape index (κ1) is 21.7. The van der Waals surface area contributed by atoms with Crippen LogP contribution < -0.4 is 22.1 Å². The first-order valence-corrected chi connectivity index (χ1v) is 12.0. The molecule has 2 aliphatic heterocycles.